The smallest absolute Gasteiger partial charge is 0.261 e. The zero-order chi connectivity index (χ0) is 19.3. The zero-order valence-electron chi connectivity index (χ0n) is 17.0. The molecule has 140 valence electrons. The number of fused-ring (bicyclic) bond motifs is 1. The van der Waals surface area contributed by atoms with Crippen LogP contribution in [0.15, 0.2) is 30.5 Å². The summed E-state index contributed by atoms with van der Waals surface area (Å²) in [7, 11) is 0. The van der Waals surface area contributed by atoms with Gasteiger partial charge in [-0.25, -0.2) is 0 Å². The first-order chi connectivity index (χ1) is 12.0. The third kappa shape index (κ3) is 3.22. The maximum absolute atomic E-state index is 13.3. The molecule has 0 spiro atoms. The maximum atomic E-state index is 13.3. The van der Waals surface area contributed by atoms with Crippen LogP contribution in [0.2, 0.25) is 0 Å². The van der Waals surface area contributed by atoms with Crippen molar-refractivity contribution in [1.82, 2.24) is 9.78 Å². The van der Waals surface area contributed by atoms with Gasteiger partial charge >= 0.3 is 0 Å². The number of hydrogen-bond acceptors (Lipinski definition) is 3. The summed E-state index contributed by atoms with van der Waals surface area (Å²) >= 11 is 0. The van der Waals surface area contributed by atoms with Crippen molar-refractivity contribution in [3.8, 4) is 0 Å². The monoisotopic (exact) mass is 354 g/mol. The highest BCUT2D eigenvalue weighted by molar-refractivity contribution is 6.09. The van der Waals surface area contributed by atoms with Gasteiger partial charge in [0.05, 0.1) is 28.2 Å². The second-order valence-electron chi connectivity index (χ2n) is 9.01. The Hall–Kier alpha value is -2.30. The van der Waals surface area contributed by atoms with Crippen molar-refractivity contribution in [1.29, 1.82) is 0 Å². The Labute approximate surface area is 156 Å². The largest absolute Gasteiger partial charge is 0.363 e. The summed E-state index contributed by atoms with van der Waals surface area (Å²) < 4.78 is 1.88. The molecule has 26 heavy (non-hydrogen) atoms. The van der Waals surface area contributed by atoms with Gasteiger partial charge in [0.2, 0.25) is 0 Å². The number of amides is 1. The van der Waals surface area contributed by atoms with Crippen molar-refractivity contribution in [2.45, 2.75) is 59.5 Å². The summed E-state index contributed by atoms with van der Waals surface area (Å²) in [5.74, 6) is 0.0269. The minimum Gasteiger partial charge on any atom is -0.363 e. The van der Waals surface area contributed by atoms with E-state index in [2.05, 4.69) is 57.6 Å². The van der Waals surface area contributed by atoms with Crippen molar-refractivity contribution in [2.24, 2.45) is 0 Å². The van der Waals surface area contributed by atoms with Crippen LogP contribution >= 0.6 is 0 Å². The number of anilines is 2. The van der Waals surface area contributed by atoms with Crippen LogP contribution in [0.3, 0.4) is 0 Å². The number of carbonyl (C=O) groups is 1. The van der Waals surface area contributed by atoms with E-state index in [1.54, 1.807) is 0 Å². The fourth-order valence-corrected chi connectivity index (χ4v) is 3.43. The molecular weight excluding hydrogens is 324 g/mol. The minimum absolute atomic E-state index is 0.0122. The third-order valence-electron chi connectivity index (χ3n) is 4.88. The molecule has 0 atom stereocenters. The average Bonchev–Trinajstić information content (AvgIpc) is 2.94. The lowest BCUT2D eigenvalue weighted by Crippen LogP contribution is -2.51. The van der Waals surface area contributed by atoms with E-state index in [9.17, 15) is 4.79 Å². The third-order valence-corrected chi connectivity index (χ3v) is 4.88. The molecule has 0 aliphatic carbocycles. The van der Waals surface area contributed by atoms with E-state index < -0.39 is 0 Å². The highest BCUT2D eigenvalue weighted by Gasteiger charge is 2.33. The summed E-state index contributed by atoms with van der Waals surface area (Å²) in [4.78, 5) is 17.6. The summed E-state index contributed by atoms with van der Waals surface area (Å²) in [6.45, 7) is 16.3. The van der Waals surface area contributed by atoms with Crippen LogP contribution < -0.4 is 9.80 Å². The molecule has 0 radical (unpaired) electrons. The summed E-state index contributed by atoms with van der Waals surface area (Å²) in [5.41, 5.74) is 3.41. The van der Waals surface area contributed by atoms with Crippen LogP contribution in [-0.4, -0.2) is 34.3 Å². The van der Waals surface area contributed by atoms with E-state index in [0.717, 1.165) is 23.6 Å². The van der Waals surface area contributed by atoms with Crippen molar-refractivity contribution in [3.05, 3.63) is 41.7 Å². The lowest BCUT2D eigenvalue weighted by molar-refractivity contribution is 0.0985. The van der Waals surface area contributed by atoms with Gasteiger partial charge in [-0.2, -0.15) is 5.10 Å². The van der Waals surface area contributed by atoms with E-state index in [-0.39, 0.29) is 17.0 Å². The van der Waals surface area contributed by atoms with Gasteiger partial charge in [-0.15, -0.1) is 0 Å². The topological polar surface area (TPSA) is 41.4 Å². The highest BCUT2D eigenvalue weighted by Crippen LogP contribution is 2.37. The number of aryl methyl sites for hydroxylation is 1. The summed E-state index contributed by atoms with van der Waals surface area (Å²) in [6.07, 6.45) is 1.89. The molecule has 0 saturated heterocycles. The first-order valence-corrected chi connectivity index (χ1v) is 9.25. The number of hydrogen-bond donors (Lipinski definition) is 0. The molecule has 5 nitrogen and oxygen atoms in total. The number of benzene rings is 1. The Morgan fingerprint density at radius 2 is 1.58 bits per heavy atom. The van der Waals surface area contributed by atoms with Crippen LogP contribution in [0.4, 0.5) is 11.4 Å². The number of rotatable bonds is 1. The summed E-state index contributed by atoms with van der Waals surface area (Å²) in [6, 6.07) is 8.17. The van der Waals surface area contributed by atoms with Crippen LogP contribution in [0, 0.1) is 6.92 Å². The van der Waals surface area contributed by atoms with Crippen molar-refractivity contribution < 1.29 is 4.79 Å². The molecule has 1 aromatic heterocycles. The maximum Gasteiger partial charge on any atom is 0.261 e. The Balaban J connectivity index is 2.00. The molecule has 0 fully saturated rings. The number of carbonyl (C=O) groups excluding carboxylic acids is 1. The standard InChI is InChI=1S/C21H30N4O/c1-15-16(14-25(22-15)21(5,6)7)19(26)23-12-13-24(20(2,3)4)18-11-9-8-10-17(18)23/h8-11,14H,12-13H2,1-7H3. The first kappa shape index (κ1) is 18.5. The highest BCUT2D eigenvalue weighted by atomic mass is 16.2. The van der Waals surface area contributed by atoms with Gasteiger partial charge in [-0.05, 0) is 60.6 Å². The normalized spacial score (nSPS) is 15.2. The van der Waals surface area contributed by atoms with Crippen LogP contribution in [0.1, 0.15) is 57.6 Å². The van der Waals surface area contributed by atoms with Crippen molar-refractivity contribution in [2.75, 3.05) is 22.9 Å². The SMILES string of the molecule is Cc1nn(C(C)(C)C)cc1C(=O)N1CCN(C(C)(C)C)c2ccccc21. The Kier molecular flexibility index (Phi) is 4.37. The predicted molar refractivity (Wildman–Crippen MR) is 107 cm³/mol. The molecule has 1 amide bonds. The van der Waals surface area contributed by atoms with Crippen molar-refractivity contribution >= 4 is 17.3 Å². The van der Waals surface area contributed by atoms with Gasteiger partial charge in [-0.3, -0.25) is 9.48 Å². The minimum atomic E-state index is -0.147. The quantitative estimate of drug-likeness (QED) is 0.770. The second-order valence-corrected chi connectivity index (χ2v) is 9.01. The second kappa shape index (κ2) is 6.15. The van der Waals surface area contributed by atoms with Gasteiger partial charge in [0.25, 0.3) is 5.91 Å². The molecule has 1 aliphatic rings. The lowest BCUT2D eigenvalue weighted by atomic mass is 10.0. The van der Waals surface area contributed by atoms with Gasteiger partial charge in [0, 0.05) is 24.8 Å². The average molecular weight is 354 g/mol. The lowest BCUT2D eigenvalue weighted by Gasteiger charge is -2.44. The van der Waals surface area contributed by atoms with E-state index in [0.29, 0.717) is 12.1 Å². The molecule has 3 rings (SSSR count). The molecule has 1 aromatic carbocycles. The molecule has 0 N–H and O–H groups in total. The van der Waals surface area contributed by atoms with Crippen molar-refractivity contribution in [3.63, 3.8) is 0 Å². The molecule has 0 saturated carbocycles. The number of nitrogens with zero attached hydrogens (tertiary/aromatic N) is 4. The Morgan fingerprint density at radius 3 is 2.12 bits per heavy atom. The van der Waals surface area contributed by atoms with Gasteiger partial charge in [0.15, 0.2) is 0 Å². The van der Waals surface area contributed by atoms with Crippen LogP contribution in [0.5, 0.6) is 0 Å². The molecule has 2 aromatic rings. The molecular formula is C21H30N4O. The molecule has 0 bridgehead atoms. The van der Waals surface area contributed by atoms with E-state index >= 15 is 0 Å². The molecule has 2 heterocycles. The number of aromatic nitrogens is 2. The fourth-order valence-electron chi connectivity index (χ4n) is 3.43. The zero-order valence-corrected chi connectivity index (χ0v) is 17.0. The molecule has 5 heteroatoms. The fraction of sp³-hybridized carbons (Fsp3) is 0.524. The predicted octanol–water partition coefficient (Wildman–Crippen LogP) is 4.21. The first-order valence-electron chi connectivity index (χ1n) is 9.25. The summed E-state index contributed by atoms with van der Waals surface area (Å²) in [5, 5.41) is 4.57. The van der Waals surface area contributed by atoms with Gasteiger partial charge in [-0.1, -0.05) is 12.1 Å². The van der Waals surface area contributed by atoms with E-state index in [1.807, 2.05) is 40.9 Å². The van der Waals surface area contributed by atoms with Gasteiger partial charge < -0.3 is 9.80 Å². The van der Waals surface area contributed by atoms with Crippen LogP contribution in [-0.2, 0) is 5.54 Å². The Bertz CT molecular complexity index is 823. The number of para-hydroxylation sites is 2. The molecule has 0 unspecified atom stereocenters. The van der Waals surface area contributed by atoms with Crippen LogP contribution in [0.25, 0.3) is 0 Å². The van der Waals surface area contributed by atoms with E-state index in [4.69, 9.17) is 0 Å². The Morgan fingerprint density at radius 1 is 0.962 bits per heavy atom. The van der Waals surface area contributed by atoms with Gasteiger partial charge in [0.1, 0.15) is 0 Å². The van der Waals surface area contributed by atoms with E-state index in [1.165, 1.54) is 0 Å². The molecule has 1 aliphatic heterocycles.